The fourth-order valence-electron chi connectivity index (χ4n) is 1.37. The molecule has 6 heteroatoms. The Labute approximate surface area is 81.3 Å². The number of aliphatic hydroxyl groups excluding tert-OH is 3. The molecule has 80 valence electrons. The van der Waals surface area contributed by atoms with Gasteiger partial charge >= 0.3 is 0 Å². The SMILES string of the molecule is CO[C@@H]1OC(CC#N)[C@H](O)[C@H](O)C1O. The summed E-state index contributed by atoms with van der Waals surface area (Å²) in [7, 11) is 1.31. The van der Waals surface area contributed by atoms with E-state index in [1.54, 1.807) is 0 Å². The molecule has 2 unspecified atom stereocenters. The van der Waals surface area contributed by atoms with Crippen molar-refractivity contribution < 1.29 is 24.8 Å². The zero-order valence-electron chi connectivity index (χ0n) is 7.70. The summed E-state index contributed by atoms with van der Waals surface area (Å²) in [6.45, 7) is 0. The van der Waals surface area contributed by atoms with Crippen molar-refractivity contribution in [1.82, 2.24) is 0 Å². The molecule has 0 aromatic rings. The summed E-state index contributed by atoms with van der Waals surface area (Å²) in [6, 6.07) is 1.81. The molecule has 3 N–H and O–H groups in total. The summed E-state index contributed by atoms with van der Waals surface area (Å²) in [6.07, 6.45) is -5.83. The lowest BCUT2D eigenvalue weighted by Crippen LogP contribution is -2.57. The molecule has 1 aliphatic heterocycles. The van der Waals surface area contributed by atoms with Crippen molar-refractivity contribution in [2.45, 2.75) is 37.1 Å². The number of methoxy groups -OCH3 is 1. The lowest BCUT2D eigenvalue weighted by molar-refractivity contribution is -0.288. The van der Waals surface area contributed by atoms with Gasteiger partial charge in [-0.3, -0.25) is 0 Å². The highest BCUT2D eigenvalue weighted by Gasteiger charge is 2.43. The molecule has 6 nitrogen and oxygen atoms in total. The summed E-state index contributed by atoms with van der Waals surface area (Å²) < 4.78 is 9.81. The third-order valence-corrected chi connectivity index (χ3v) is 2.19. The van der Waals surface area contributed by atoms with Crippen LogP contribution in [0.4, 0.5) is 0 Å². The maximum absolute atomic E-state index is 9.41. The van der Waals surface area contributed by atoms with Crippen molar-refractivity contribution >= 4 is 0 Å². The lowest BCUT2D eigenvalue weighted by atomic mass is 9.97. The lowest BCUT2D eigenvalue weighted by Gasteiger charge is -2.38. The Morgan fingerprint density at radius 3 is 2.43 bits per heavy atom. The zero-order valence-corrected chi connectivity index (χ0v) is 7.70. The zero-order chi connectivity index (χ0) is 10.7. The van der Waals surface area contributed by atoms with Crippen LogP contribution < -0.4 is 0 Å². The van der Waals surface area contributed by atoms with Crippen LogP contribution in [0.25, 0.3) is 0 Å². The summed E-state index contributed by atoms with van der Waals surface area (Å²) in [5.41, 5.74) is 0. The van der Waals surface area contributed by atoms with E-state index >= 15 is 0 Å². The standard InChI is InChI=1S/C8H13NO5/c1-13-8-7(12)6(11)5(10)4(14-8)2-3-9/h4-8,10-12H,2H2,1H3/t4?,5-,6-,7?,8+/m0/s1. The minimum atomic E-state index is -1.35. The van der Waals surface area contributed by atoms with E-state index in [1.807, 2.05) is 6.07 Å². The van der Waals surface area contributed by atoms with Gasteiger partial charge in [0.15, 0.2) is 6.29 Å². The first-order valence-corrected chi connectivity index (χ1v) is 4.21. The van der Waals surface area contributed by atoms with Crippen LogP contribution in [0.2, 0.25) is 0 Å². The molecule has 14 heavy (non-hydrogen) atoms. The second-order valence-electron chi connectivity index (χ2n) is 3.11. The van der Waals surface area contributed by atoms with Gasteiger partial charge in [-0.05, 0) is 0 Å². The molecular weight excluding hydrogens is 190 g/mol. The average Bonchev–Trinajstić information content (AvgIpc) is 2.19. The quantitative estimate of drug-likeness (QED) is 0.497. The van der Waals surface area contributed by atoms with E-state index in [0.29, 0.717) is 0 Å². The topological polar surface area (TPSA) is 103 Å². The number of nitriles is 1. The number of ether oxygens (including phenoxy) is 2. The molecule has 1 heterocycles. The molecule has 0 aromatic heterocycles. The van der Waals surface area contributed by atoms with Crippen LogP contribution >= 0.6 is 0 Å². The third kappa shape index (κ3) is 2.03. The minimum absolute atomic E-state index is 0.0647. The van der Waals surface area contributed by atoms with Gasteiger partial charge in [-0.15, -0.1) is 0 Å². The first-order chi connectivity index (χ1) is 6.61. The Hall–Kier alpha value is -0.710. The Balaban J connectivity index is 2.69. The predicted molar refractivity (Wildman–Crippen MR) is 43.9 cm³/mol. The molecule has 0 saturated carbocycles. The van der Waals surface area contributed by atoms with Crippen molar-refractivity contribution in [2.24, 2.45) is 0 Å². The summed E-state index contributed by atoms with van der Waals surface area (Å²) >= 11 is 0. The first kappa shape index (κ1) is 11.4. The van der Waals surface area contributed by atoms with Crippen molar-refractivity contribution in [3.05, 3.63) is 0 Å². The van der Waals surface area contributed by atoms with Crippen LogP contribution in [0.15, 0.2) is 0 Å². The van der Waals surface area contributed by atoms with E-state index in [1.165, 1.54) is 7.11 Å². The van der Waals surface area contributed by atoms with Gasteiger partial charge in [0.2, 0.25) is 0 Å². The predicted octanol–water partition coefficient (Wildman–Crippen LogP) is -1.65. The highest BCUT2D eigenvalue weighted by Crippen LogP contribution is 2.23. The van der Waals surface area contributed by atoms with E-state index in [0.717, 1.165) is 0 Å². The van der Waals surface area contributed by atoms with Gasteiger partial charge < -0.3 is 24.8 Å². The first-order valence-electron chi connectivity index (χ1n) is 4.21. The van der Waals surface area contributed by atoms with Gasteiger partial charge in [0.05, 0.1) is 12.5 Å². The van der Waals surface area contributed by atoms with Crippen LogP contribution in [0, 0.1) is 11.3 Å². The average molecular weight is 203 g/mol. The second-order valence-corrected chi connectivity index (χ2v) is 3.11. The largest absolute Gasteiger partial charge is 0.388 e. The van der Waals surface area contributed by atoms with E-state index in [9.17, 15) is 15.3 Å². The maximum Gasteiger partial charge on any atom is 0.186 e. The van der Waals surface area contributed by atoms with E-state index in [2.05, 4.69) is 0 Å². The van der Waals surface area contributed by atoms with Gasteiger partial charge in [0.1, 0.15) is 24.4 Å². The summed E-state index contributed by atoms with van der Waals surface area (Å²) in [4.78, 5) is 0. The highest BCUT2D eigenvalue weighted by molar-refractivity contribution is 4.92. The van der Waals surface area contributed by atoms with Crippen LogP contribution in [0.5, 0.6) is 0 Å². The van der Waals surface area contributed by atoms with Crippen LogP contribution in [-0.2, 0) is 9.47 Å². The molecule has 1 aliphatic rings. The van der Waals surface area contributed by atoms with Crippen molar-refractivity contribution in [3.63, 3.8) is 0 Å². The molecule has 0 amide bonds. The third-order valence-electron chi connectivity index (χ3n) is 2.19. The molecule has 0 aromatic carbocycles. The monoisotopic (exact) mass is 203 g/mol. The number of rotatable bonds is 2. The molecule has 1 fully saturated rings. The molecular formula is C8H13NO5. The van der Waals surface area contributed by atoms with Crippen molar-refractivity contribution in [3.8, 4) is 6.07 Å². The fourth-order valence-corrected chi connectivity index (χ4v) is 1.37. The summed E-state index contributed by atoms with van der Waals surface area (Å²) in [5, 5.41) is 36.6. The smallest absolute Gasteiger partial charge is 0.186 e. The van der Waals surface area contributed by atoms with Crippen LogP contribution in [-0.4, -0.2) is 53.1 Å². The Morgan fingerprint density at radius 1 is 1.29 bits per heavy atom. The molecule has 1 rings (SSSR count). The van der Waals surface area contributed by atoms with Gasteiger partial charge in [-0.1, -0.05) is 0 Å². The highest BCUT2D eigenvalue weighted by atomic mass is 16.7. The maximum atomic E-state index is 9.41. The molecule has 5 atom stereocenters. The van der Waals surface area contributed by atoms with Gasteiger partial charge in [0.25, 0.3) is 0 Å². The second kappa shape index (κ2) is 4.68. The number of nitrogens with zero attached hydrogens (tertiary/aromatic N) is 1. The molecule has 0 spiro atoms. The number of hydrogen-bond acceptors (Lipinski definition) is 6. The van der Waals surface area contributed by atoms with Gasteiger partial charge in [-0.25, -0.2) is 0 Å². The van der Waals surface area contributed by atoms with E-state index in [4.69, 9.17) is 14.7 Å². The minimum Gasteiger partial charge on any atom is -0.388 e. The molecule has 1 saturated heterocycles. The molecule has 0 radical (unpaired) electrons. The molecule has 0 bridgehead atoms. The van der Waals surface area contributed by atoms with Crippen LogP contribution in [0.1, 0.15) is 6.42 Å². The Morgan fingerprint density at radius 2 is 1.93 bits per heavy atom. The van der Waals surface area contributed by atoms with Gasteiger partial charge in [0, 0.05) is 7.11 Å². The van der Waals surface area contributed by atoms with Crippen molar-refractivity contribution in [1.29, 1.82) is 5.26 Å². The normalized spacial score (nSPS) is 43.2. The Bertz CT molecular complexity index is 226. The van der Waals surface area contributed by atoms with E-state index in [-0.39, 0.29) is 6.42 Å². The van der Waals surface area contributed by atoms with Crippen LogP contribution in [0.3, 0.4) is 0 Å². The number of hydrogen-bond donors (Lipinski definition) is 3. The Kier molecular flexibility index (Phi) is 3.80. The van der Waals surface area contributed by atoms with Gasteiger partial charge in [-0.2, -0.15) is 5.26 Å². The molecule has 0 aliphatic carbocycles. The number of aliphatic hydroxyl groups is 3. The summed E-state index contributed by atoms with van der Waals surface area (Å²) in [5.74, 6) is 0. The van der Waals surface area contributed by atoms with E-state index < -0.39 is 30.7 Å². The fraction of sp³-hybridized carbons (Fsp3) is 0.875. The van der Waals surface area contributed by atoms with Crippen molar-refractivity contribution in [2.75, 3.05) is 7.11 Å².